The molecule has 0 heterocycles. The summed E-state index contributed by atoms with van der Waals surface area (Å²) in [6.45, 7) is 2.04. The normalized spacial score (nSPS) is 11.3. The predicted octanol–water partition coefficient (Wildman–Crippen LogP) is 4.05. The van der Waals surface area contributed by atoms with Crippen LogP contribution in [0.1, 0.15) is 22.8 Å². The van der Waals surface area contributed by atoms with Crippen molar-refractivity contribution in [1.82, 2.24) is 5.48 Å². The number of amides is 1. The molecule has 1 N–H and O–H groups in total. The molecule has 0 aliphatic carbocycles. The zero-order valence-electron chi connectivity index (χ0n) is 11.8. The number of rotatable bonds is 4. The van der Waals surface area contributed by atoms with E-state index in [9.17, 15) is 18.0 Å². The summed E-state index contributed by atoms with van der Waals surface area (Å²) < 4.78 is 37.8. The van der Waals surface area contributed by atoms with Gasteiger partial charge in [0.1, 0.15) is 0 Å². The Morgan fingerprint density at radius 1 is 1.09 bits per heavy atom. The van der Waals surface area contributed by atoms with E-state index < -0.39 is 17.6 Å². The van der Waals surface area contributed by atoms with Crippen LogP contribution in [0.15, 0.2) is 48.5 Å². The summed E-state index contributed by atoms with van der Waals surface area (Å²) in [6, 6.07) is 11.3. The fraction of sp³-hybridized carbons (Fsp3) is 0.188. The Hall–Kier alpha value is -2.34. The van der Waals surface area contributed by atoms with Crippen LogP contribution in [-0.4, -0.2) is 12.5 Å². The van der Waals surface area contributed by atoms with E-state index in [0.29, 0.717) is 23.3 Å². The molecule has 3 nitrogen and oxygen atoms in total. The number of halogens is 3. The molecule has 0 bridgehead atoms. The summed E-state index contributed by atoms with van der Waals surface area (Å²) in [6.07, 6.45) is -4.38. The minimum Gasteiger partial charge on any atom is -0.274 e. The fourth-order valence-electron chi connectivity index (χ4n) is 1.96. The van der Waals surface area contributed by atoms with Crippen molar-refractivity contribution in [1.29, 1.82) is 0 Å². The van der Waals surface area contributed by atoms with Crippen LogP contribution in [0.4, 0.5) is 13.2 Å². The maximum absolute atomic E-state index is 12.6. The van der Waals surface area contributed by atoms with Crippen LogP contribution in [0, 0.1) is 0 Å². The number of hydrogen-bond acceptors (Lipinski definition) is 2. The van der Waals surface area contributed by atoms with E-state index in [1.807, 2.05) is 0 Å². The summed E-state index contributed by atoms with van der Waals surface area (Å²) in [5.41, 5.74) is 2.93. The van der Waals surface area contributed by atoms with Gasteiger partial charge < -0.3 is 0 Å². The third-order valence-electron chi connectivity index (χ3n) is 3.00. The average molecular weight is 309 g/mol. The van der Waals surface area contributed by atoms with Crippen LogP contribution in [0.25, 0.3) is 11.1 Å². The van der Waals surface area contributed by atoms with Crippen molar-refractivity contribution >= 4 is 5.91 Å². The van der Waals surface area contributed by atoms with Crippen molar-refractivity contribution in [2.45, 2.75) is 13.1 Å². The highest BCUT2D eigenvalue weighted by Gasteiger charge is 2.30. The van der Waals surface area contributed by atoms with E-state index in [1.54, 1.807) is 31.2 Å². The van der Waals surface area contributed by atoms with E-state index in [1.165, 1.54) is 12.1 Å². The first-order chi connectivity index (χ1) is 10.4. The number of hydrogen-bond donors (Lipinski definition) is 1. The maximum atomic E-state index is 12.6. The third kappa shape index (κ3) is 3.65. The van der Waals surface area contributed by atoms with Gasteiger partial charge in [0, 0.05) is 5.56 Å². The molecule has 0 saturated carbocycles. The average Bonchev–Trinajstić information content (AvgIpc) is 2.52. The number of benzene rings is 2. The van der Waals surface area contributed by atoms with Gasteiger partial charge in [-0.05, 0) is 36.2 Å². The summed E-state index contributed by atoms with van der Waals surface area (Å²) in [4.78, 5) is 16.9. The minimum atomic E-state index is -4.38. The molecule has 22 heavy (non-hydrogen) atoms. The Labute approximate surface area is 125 Å². The van der Waals surface area contributed by atoms with Gasteiger partial charge >= 0.3 is 6.18 Å². The van der Waals surface area contributed by atoms with E-state index >= 15 is 0 Å². The zero-order valence-corrected chi connectivity index (χ0v) is 11.8. The molecule has 0 aliphatic rings. The minimum absolute atomic E-state index is 0.314. The molecule has 2 rings (SSSR count). The molecule has 0 saturated heterocycles. The molecule has 116 valence electrons. The molecule has 2 aromatic carbocycles. The van der Waals surface area contributed by atoms with Crippen molar-refractivity contribution in [3.05, 3.63) is 59.7 Å². The molecular weight excluding hydrogens is 295 g/mol. The van der Waals surface area contributed by atoms with Crippen LogP contribution in [0.3, 0.4) is 0 Å². The monoisotopic (exact) mass is 309 g/mol. The van der Waals surface area contributed by atoms with Crippen molar-refractivity contribution in [3.63, 3.8) is 0 Å². The van der Waals surface area contributed by atoms with Crippen LogP contribution in [0.5, 0.6) is 0 Å². The number of nitrogens with one attached hydrogen (secondary N) is 1. The highest BCUT2D eigenvalue weighted by molar-refractivity contribution is 6.00. The summed E-state index contributed by atoms with van der Waals surface area (Å²) in [5.74, 6) is -0.447. The molecule has 0 radical (unpaired) electrons. The van der Waals surface area contributed by atoms with E-state index in [2.05, 4.69) is 5.48 Å². The van der Waals surface area contributed by atoms with Crippen LogP contribution in [0.2, 0.25) is 0 Å². The summed E-state index contributed by atoms with van der Waals surface area (Å²) in [7, 11) is 0. The summed E-state index contributed by atoms with van der Waals surface area (Å²) in [5, 5.41) is 0. The van der Waals surface area contributed by atoms with Gasteiger partial charge in [-0.1, -0.05) is 30.3 Å². The highest BCUT2D eigenvalue weighted by Crippen LogP contribution is 2.31. The molecule has 1 amide bonds. The van der Waals surface area contributed by atoms with E-state index in [0.717, 1.165) is 12.1 Å². The van der Waals surface area contributed by atoms with Crippen molar-refractivity contribution < 1.29 is 22.8 Å². The van der Waals surface area contributed by atoms with Gasteiger partial charge in [0.15, 0.2) is 0 Å². The van der Waals surface area contributed by atoms with Crippen molar-refractivity contribution in [2.24, 2.45) is 0 Å². The molecule has 0 spiro atoms. The molecule has 2 aromatic rings. The second kappa shape index (κ2) is 6.62. The maximum Gasteiger partial charge on any atom is 0.416 e. The Bertz CT molecular complexity index is 651. The van der Waals surface area contributed by atoms with E-state index in [-0.39, 0.29) is 0 Å². The van der Waals surface area contributed by atoms with Crippen LogP contribution in [-0.2, 0) is 11.0 Å². The van der Waals surface area contributed by atoms with Crippen molar-refractivity contribution in [3.8, 4) is 11.1 Å². The predicted molar refractivity (Wildman–Crippen MR) is 76.0 cm³/mol. The number of alkyl halides is 3. The molecule has 0 fully saturated rings. The van der Waals surface area contributed by atoms with Gasteiger partial charge in [0.2, 0.25) is 0 Å². The van der Waals surface area contributed by atoms with Gasteiger partial charge in [0.25, 0.3) is 5.91 Å². The Kier molecular flexibility index (Phi) is 4.82. The Morgan fingerprint density at radius 3 is 2.32 bits per heavy atom. The largest absolute Gasteiger partial charge is 0.416 e. The van der Waals surface area contributed by atoms with Crippen molar-refractivity contribution in [2.75, 3.05) is 6.61 Å². The van der Waals surface area contributed by atoms with Gasteiger partial charge in [-0.3, -0.25) is 9.63 Å². The van der Waals surface area contributed by atoms with Crippen LogP contribution < -0.4 is 5.48 Å². The lowest BCUT2D eigenvalue weighted by Gasteiger charge is -2.11. The first-order valence-corrected chi connectivity index (χ1v) is 6.62. The lowest BCUT2D eigenvalue weighted by Crippen LogP contribution is -2.24. The lowest BCUT2D eigenvalue weighted by molar-refractivity contribution is -0.137. The Morgan fingerprint density at radius 2 is 1.73 bits per heavy atom. The van der Waals surface area contributed by atoms with Gasteiger partial charge in [-0.2, -0.15) is 13.2 Å². The number of hydroxylamine groups is 1. The van der Waals surface area contributed by atoms with Crippen LogP contribution >= 0.6 is 0 Å². The topological polar surface area (TPSA) is 38.3 Å². The molecule has 0 aliphatic heterocycles. The molecule has 0 unspecified atom stereocenters. The first kappa shape index (κ1) is 16.0. The molecule has 0 atom stereocenters. The molecule has 6 heteroatoms. The SMILES string of the molecule is CCONC(=O)c1ccccc1-c1ccc(C(F)(F)F)cc1. The zero-order chi connectivity index (χ0) is 16.2. The van der Waals surface area contributed by atoms with E-state index in [4.69, 9.17) is 4.84 Å². The quantitative estimate of drug-likeness (QED) is 0.865. The van der Waals surface area contributed by atoms with Gasteiger partial charge in [-0.15, -0.1) is 0 Å². The Balaban J connectivity index is 2.35. The third-order valence-corrected chi connectivity index (χ3v) is 3.00. The standard InChI is InChI=1S/C16H14F3NO2/c1-2-22-20-15(21)14-6-4-3-5-13(14)11-7-9-12(10-8-11)16(17,18)19/h3-10H,2H2,1H3,(H,20,21). The number of carbonyl (C=O) groups excluding carboxylic acids is 1. The smallest absolute Gasteiger partial charge is 0.274 e. The molecular formula is C16H14F3NO2. The lowest BCUT2D eigenvalue weighted by atomic mass is 9.98. The summed E-state index contributed by atoms with van der Waals surface area (Å²) >= 11 is 0. The number of carbonyl (C=O) groups is 1. The fourth-order valence-corrected chi connectivity index (χ4v) is 1.96. The van der Waals surface area contributed by atoms with Gasteiger partial charge in [0.05, 0.1) is 12.2 Å². The second-order valence-corrected chi connectivity index (χ2v) is 4.48. The molecule has 0 aromatic heterocycles. The first-order valence-electron chi connectivity index (χ1n) is 6.62. The highest BCUT2D eigenvalue weighted by atomic mass is 19.4. The van der Waals surface area contributed by atoms with Gasteiger partial charge in [-0.25, -0.2) is 5.48 Å². The second-order valence-electron chi connectivity index (χ2n) is 4.48.